The van der Waals surface area contributed by atoms with Crippen molar-refractivity contribution in [3.05, 3.63) is 65.5 Å². The van der Waals surface area contributed by atoms with Gasteiger partial charge in [0.1, 0.15) is 6.54 Å². The van der Waals surface area contributed by atoms with Gasteiger partial charge in [-0.1, -0.05) is 30.3 Å². The van der Waals surface area contributed by atoms with Crippen molar-refractivity contribution in [2.45, 2.75) is 33.2 Å². The van der Waals surface area contributed by atoms with Crippen LogP contribution in [-0.4, -0.2) is 5.48 Å². The summed E-state index contributed by atoms with van der Waals surface area (Å²) >= 11 is 0. The third-order valence-corrected chi connectivity index (χ3v) is 3.11. The third-order valence-electron chi connectivity index (χ3n) is 3.11. The Morgan fingerprint density at radius 1 is 1.00 bits per heavy atom. The van der Waals surface area contributed by atoms with Crippen molar-refractivity contribution in [1.82, 2.24) is 0 Å². The van der Waals surface area contributed by atoms with Gasteiger partial charge >= 0.3 is 0 Å². The molecule has 0 unspecified atom stereocenters. The molecule has 0 bridgehead atoms. The van der Waals surface area contributed by atoms with E-state index < -0.39 is 0 Å². The van der Waals surface area contributed by atoms with Gasteiger partial charge in [-0.25, -0.2) is 4.57 Å². The van der Waals surface area contributed by atoms with Crippen LogP contribution in [0.2, 0.25) is 0 Å². The van der Waals surface area contributed by atoms with Crippen LogP contribution in [0, 0.1) is 13.8 Å². The second-order valence-corrected chi connectivity index (χ2v) is 4.63. The average Bonchev–Trinajstić information content (AvgIpc) is 2.33. The Labute approximate surface area is 109 Å². The molecule has 1 aromatic heterocycles. The molecule has 2 rings (SSSR count). The van der Waals surface area contributed by atoms with Gasteiger partial charge in [0.25, 0.3) is 0 Å². The number of aromatic nitrogens is 1. The molecule has 0 aliphatic rings. The minimum absolute atomic E-state index is 0. The Hall–Kier alpha value is -1.67. The molecule has 0 fully saturated rings. The second-order valence-electron chi connectivity index (χ2n) is 4.63. The number of aryl methyl sites for hydroxylation is 4. The predicted molar refractivity (Wildman–Crippen MR) is 72.8 cm³/mol. The lowest BCUT2D eigenvalue weighted by molar-refractivity contribution is -0.703. The zero-order valence-corrected chi connectivity index (χ0v) is 11.1. The van der Waals surface area contributed by atoms with E-state index in [0.29, 0.717) is 0 Å². The van der Waals surface area contributed by atoms with Gasteiger partial charge in [0.05, 0.1) is 0 Å². The Morgan fingerprint density at radius 3 is 2.39 bits per heavy atom. The van der Waals surface area contributed by atoms with Crippen LogP contribution in [0.4, 0.5) is 0 Å². The van der Waals surface area contributed by atoms with Crippen LogP contribution in [0.3, 0.4) is 0 Å². The molecule has 2 aromatic rings. The van der Waals surface area contributed by atoms with Gasteiger partial charge in [-0.3, -0.25) is 0 Å². The summed E-state index contributed by atoms with van der Waals surface area (Å²) in [6.45, 7) is 5.41. The van der Waals surface area contributed by atoms with Crippen LogP contribution < -0.4 is 4.57 Å². The smallest absolute Gasteiger partial charge is 0.178 e. The number of hydrogen-bond donors (Lipinski definition) is 0. The fourth-order valence-electron chi connectivity index (χ4n) is 2.13. The first kappa shape index (κ1) is 14.4. The summed E-state index contributed by atoms with van der Waals surface area (Å²) in [4.78, 5) is 0. The Morgan fingerprint density at radius 2 is 1.72 bits per heavy atom. The lowest BCUT2D eigenvalue weighted by atomic mass is 10.1. The molecule has 2 heteroatoms. The van der Waals surface area contributed by atoms with Crippen molar-refractivity contribution >= 4 is 0 Å². The van der Waals surface area contributed by atoms with Crippen molar-refractivity contribution in [2.75, 3.05) is 0 Å². The molecule has 2 nitrogen and oxygen atoms in total. The Bertz CT molecular complexity index is 480. The summed E-state index contributed by atoms with van der Waals surface area (Å²) in [5, 5.41) is 0. The van der Waals surface area contributed by atoms with Crippen molar-refractivity contribution in [1.29, 1.82) is 0 Å². The lowest BCUT2D eigenvalue weighted by Gasteiger charge is -2.02. The molecule has 0 radical (unpaired) electrons. The van der Waals surface area contributed by atoms with E-state index in [1.165, 1.54) is 23.2 Å². The molecule has 0 atom stereocenters. The maximum Gasteiger partial charge on any atom is 0.178 e. The Kier molecular flexibility index (Phi) is 5.53. The average molecular weight is 243 g/mol. The lowest BCUT2D eigenvalue weighted by Crippen LogP contribution is -2.36. The van der Waals surface area contributed by atoms with E-state index in [0.717, 1.165) is 13.0 Å². The zero-order chi connectivity index (χ0) is 12.1. The highest BCUT2D eigenvalue weighted by atomic mass is 16.0. The van der Waals surface area contributed by atoms with E-state index in [1.807, 2.05) is 0 Å². The first-order valence-electron chi connectivity index (χ1n) is 6.26. The molecule has 0 saturated heterocycles. The summed E-state index contributed by atoms with van der Waals surface area (Å²) in [7, 11) is 0. The van der Waals surface area contributed by atoms with Crippen molar-refractivity contribution in [3.8, 4) is 0 Å². The van der Waals surface area contributed by atoms with Crippen LogP contribution in [0.25, 0.3) is 0 Å². The molecular formula is C16H21NO. The Balaban J connectivity index is 0.00000162. The molecule has 18 heavy (non-hydrogen) atoms. The van der Waals surface area contributed by atoms with E-state index >= 15 is 0 Å². The van der Waals surface area contributed by atoms with Gasteiger partial charge in [0.2, 0.25) is 0 Å². The molecule has 0 saturated carbocycles. The maximum atomic E-state index is 2.33. The summed E-state index contributed by atoms with van der Waals surface area (Å²) in [6.07, 6.45) is 4.54. The number of nitrogens with zero attached hydrogens (tertiary/aromatic N) is 1. The van der Waals surface area contributed by atoms with E-state index in [-0.39, 0.29) is 5.48 Å². The largest absolute Gasteiger partial charge is 0.870 e. The van der Waals surface area contributed by atoms with Crippen LogP contribution >= 0.6 is 0 Å². The molecular weight excluding hydrogens is 222 g/mol. The fourth-order valence-corrected chi connectivity index (χ4v) is 2.13. The highest BCUT2D eigenvalue weighted by molar-refractivity contribution is 5.14. The first-order valence-corrected chi connectivity index (χ1v) is 6.26. The molecule has 0 aliphatic heterocycles. The van der Waals surface area contributed by atoms with Crippen LogP contribution in [0.5, 0.6) is 0 Å². The molecule has 0 amide bonds. The monoisotopic (exact) mass is 243 g/mol. The maximum absolute atomic E-state index is 2.33. The fraction of sp³-hybridized carbons (Fsp3) is 0.312. The number of benzene rings is 1. The molecule has 1 heterocycles. The SMILES string of the molecule is Cc1cc[n+](CCCc2ccccc2)c(C)c1.[OH-]. The van der Waals surface area contributed by atoms with Gasteiger partial charge in [0, 0.05) is 25.5 Å². The summed E-state index contributed by atoms with van der Waals surface area (Å²) in [5.41, 5.74) is 4.11. The summed E-state index contributed by atoms with van der Waals surface area (Å²) in [6, 6.07) is 15.1. The van der Waals surface area contributed by atoms with E-state index in [2.05, 4.69) is 67.1 Å². The van der Waals surface area contributed by atoms with E-state index in [1.54, 1.807) is 0 Å². The molecule has 0 spiro atoms. The van der Waals surface area contributed by atoms with Crippen molar-refractivity contribution < 1.29 is 10.0 Å². The van der Waals surface area contributed by atoms with Crippen molar-refractivity contribution in [2.24, 2.45) is 0 Å². The van der Waals surface area contributed by atoms with Crippen LogP contribution in [0.15, 0.2) is 48.7 Å². The molecule has 1 N–H and O–H groups in total. The first-order chi connectivity index (χ1) is 8.25. The van der Waals surface area contributed by atoms with Gasteiger partial charge in [-0.2, -0.15) is 0 Å². The predicted octanol–water partition coefficient (Wildman–Crippen LogP) is 3.05. The third kappa shape index (κ3) is 3.97. The zero-order valence-electron chi connectivity index (χ0n) is 11.1. The minimum atomic E-state index is 0. The number of pyridine rings is 1. The highest BCUT2D eigenvalue weighted by Crippen LogP contribution is 2.03. The van der Waals surface area contributed by atoms with Gasteiger partial charge in [0.15, 0.2) is 11.9 Å². The topological polar surface area (TPSA) is 33.9 Å². The summed E-state index contributed by atoms with van der Waals surface area (Å²) in [5.74, 6) is 0. The molecule has 0 aliphatic carbocycles. The van der Waals surface area contributed by atoms with Crippen LogP contribution in [0.1, 0.15) is 23.2 Å². The van der Waals surface area contributed by atoms with Gasteiger partial charge < -0.3 is 5.48 Å². The van der Waals surface area contributed by atoms with Crippen molar-refractivity contribution in [3.63, 3.8) is 0 Å². The second kappa shape index (κ2) is 6.92. The standard InChI is InChI=1S/C16H20N.H2O/c1-14-10-12-17(15(2)13-14)11-6-9-16-7-4-3-5-8-16;/h3-5,7-8,10,12-13H,6,9,11H2,1-2H3;1H2/q+1;/p-1. The molecule has 1 aromatic carbocycles. The quantitative estimate of drug-likeness (QED) is 0.760. The highest BCUT2D eigenvalue weighted by Gasteiger charge is 2.05. The molecule has 96 valence electrons. The minimum Gasteiger partial charge on any atom is -0.870 e. The number of rotatable bonds is 4. The number of hydrogen-bond acceptors (Lipinski definition) is 1. The van der Waals surface area contributed by atoms with Crippen LogP contribution in [-0.2, 0) is 13.0 Å². The van der Waals surface area contributed by atoms with Gasteiger partial charge in [-0.15, -0.1) is 0 Å². The normalized spacial score (nSPS) is 9.89. The summed E-state index contributed by atoms with van der Waals surface area (Å²) < 4.78 is 2.33. The van der Waals surface area contributed by atoms with E-state index in [9.17, 15) is 0 Å². The van der Waals surface area contributed by atoms with Gasteiger partial charge in [-0.05, 0) is 24.5 Å². The van der Waals surface area contributed by atoms with E-state index in [4.69, 9.17) is 0 Å².